The number of benzene rings is 1. The zero-order valence-electron chi connectivity index (χ0n) is 12.1. The Kier molecular flexibility index (Phi) is 5.39. The molecule has 0 saturated carbocycles. The smallest absolute Gasteiger partial charge is 0.330 e. The number of ether oxygens (including phenoxy) is 1. The number of thiophene rings is 1. The molecule has 0 saturated heterocycles. The van der Waals surface area contributed by atoms with Gasteiger partial charge in [-0.3, -0.25) is 5.32 Å². The fraction of sp³-hybridized carbons (Fsp3) is 0.312. The van der Waals surface area contributed by atoms with Gasteiger partial charge in [0, 0.05) is 22.0 Å². The SMILES string of the molecule is CCOC(=O)C(C)(NCc1cccs1)c1ccccc1Cl. The van der Waals surface area contributed by atoms with Gasteiger partial charge in [0.05, 0.1) is 6.61 Å². The Labute approximate surface area is 133 Å². The zero-order chi connectivity index (χ0) is 15.3. The van der Waals surface area contributed by atoms with Gasteiger partial charge in [0.25, 0.3) is 0 Å². The van der Waals surface area contributed by atoms with Crippen molar-refractivity contribution in [2.45, 2.75) is 25.9 Å². The van der Waals surface area contributed by atoms with Crippen molar-refractivity contribution in [2.24, 2.45) is 0 Å². The van der Waals surface area contributed by atoms with Gasteiger partial charge in [-0.15, -0.1) is 11.3 Å². The van der Waals surface area contributed by atoms with Crippen LogP contribution in [-0.4, -0.2) is 12.6 Å². The quantitative estimate of drug-likeness (QED) is 0.817. The van der Waals surface area contributed by atoms with E-state index >= 15 is 0 Å². The molecule has 1 heterocycles. The minimum Gasteiger partial charge on any atom is -0.464 e. The van der Waals surface area contributed by atoms with Gasteiger partial charge in [-0.2, -0.15) is 0 Å². The van der Waals surface area contributed by atoms with Crippen LogP contribution in [0, 0.1) is 0 Å². The Morgan fingerprint density at radius 3 is 2.71 bits per heavy atom. The van der Waals surface area contributed by atoms with Gasteiger partial charge in [-0.05, 0) is 31.4 Å². The van der Waals surface area contributed by atoms with Crippen molar-refractivity contribution in [1.29, 1.82) is 0 Å². The predicted octanol–water partition coefficient (Wildman–Crippen LogP) is 3.97. The maximum absolute atomic E-state index is 12.4. The van der Waals surface area contributed by atoms with Gasteiger partial charge in [0.15, 0.2) is 0 Å². The molecule has 0 aliphatic heterocycles. The van der Waals surface area contributed by atoms with E-state index in [2.05, 4.69) is 5.32 Å². The van der Waals surface area contributed by atoms with E-state index in [-0.39, 0.29) is 5.97 Å². The molecule has 1 aromatic carbocycles. The van der Waals surface area contributed by atoms with Gasteiger partial charge >= 0.3 is 5.97 Å². The monoisotopic (exact) mass is 323 g/mol. The van der Waals surface area contributed by atoms with Crippen molar-refractivity contribution in [2.75, 3.05) is 6.61 Å². The van der Waals surface area contributed by atoms with Crippen LogP contribution in [0.3, 0.4) is 0 Å². The number of halogens is 1. The molecule has 0 aliphatic carbocycles. The second-order valence-electron chi connectivity index (χ2n) is 4.76. The van der Waals surface area contributed by atoms with Crippen LogP contribution in [-0.2, 0) is 21.6 Å². The fourth-order valence-electron chi connectivity index (χ4n) is 2.10. The molecule has 5 heteroatoms. The molecule has 0 fully saturated rings. The second kappa shape index (κ2) is 7.07. The second-order valence-corrected chi connectivity index (χ2v) is 6.20. The van der Waals surface area contributed by atoms with E-state index in [4.69, 9.17) is 16.3 Å². The lowest BCUT2D eigenvalue weighted by Gasteiger charge is -2.29. The lowest BCUT2D eigenvalue weighted by Crippen LogP contribution is -2.47. The first-order chi connectivity index (χ1) is 10.1. The van der Waals surface area contributed by atoms with Gasteiger partial charge in [0.1, 0.15) is 5.54 Å². The van der Waals surface area contributed by atoms with E-state index in [9.17, 15) is 4.79 Å². The van der Waals surface area contributed by atoms with Crippen LogP contribution in [0.25, 0.3) is 0 Å². The van der Waals surface area contributed by atoms with Gasteiger partial charge in [-0.1, -0.05) is 35.9 Å². The average Bonchev–Trinajstić information content (AvgIpc) is 2.99. The third-order valence-electron chi connectivity index (χ3n) is 3.29. The Bertz CT molecular complexity index is 600. The van der Waals surface area contributed by atoms with E-state index in [0.29, 0.717) is 18.2 Å². The number of hydrogen-bond donors (Lipinski definition) is 1. The first kappa shape index (κ1) is 16.0. The summed E-state index contributed by atoms with van der Waals surface area (Å²) in [6, 6.07) is 11.3. The van der Waals surface area contributed by atoms with Crippen LogP contribution < -0.4 is 5.32 Å². The molecule has 21 heavy (non-hydrogen) atoms. The molecular weight excluding hydrogens is 306 g/mol. The summed E-state index contributed by atoms with van der Waals surface area (Å²) in [5, 5.41) is 5.85. The first-order valence-electron chi connectivity index (χ1n) is 6.77. The first-order valence-corrected chi connectivity index (χ1v) is 8.03. The van der Waals surface area contributed by atoms with Crippen LogP contribution >= 0.6 is 22.9 Å². The standard InChI is InChI=1S/C16H18ClNO2S/c1-3-20-15(19)16(2,13-8-4-5-9-14(13)17)18-11-12-7-6-10-21-12/h4-10,18H,3,11H2,1-2H3. The van der Waals surface area contributed by atoms with Crippen LogP contribution in [0.15, 0.2) is 41.8 Å². The summed E-state index contributed by atoms with van der Waals surface area (Å²) in [4.78, 5) is 13.6. The van der Waals surface area contributed by atoms with Crippen molar-refractivity contribution >= 4 is 28.9 Å². The predicted molar refractivity (Wildman–Crippen MR) is 86.6 cm³/mol. The van der Waals surface area contributed by atoms with Crippen LogP contribution in [0.5, 0.6) is 0 Å². The number of carbonyl (C=O) groups excluding carboxylic acids is 1. The van der Waals surface area contributed by atoms with E-state index in [1.807, 2.05) is 35.7 Å². The normalized spacial score (nSPS) is 13.7. The third-order valence-corrected chi connectivity index (χ3v) is 4.50. The summed E-state index contributed by atoms with van der Waals surface area (Å²) in [5.74, 6) is -0.324. The summed E-state index contributed by atoms with van der Waals surface area (Å²) in [7, 11) is 0. The molecule has 112 valence electrons. The number of carbonyl (C=O) groups is 1. The molecule has 2 aromatic rings. The third kappa shape index (κ3) is 3.64. The summed E-state index contributed by atoms with van der Waals surface area (Å²) in [6.07, 6.45) is 0. The molecule has 0 amide bonds. The Balaban J connectivity index is 2.30. The molecule has 3 nitrogen and oxygen atoms in total. The largest absolute Gasteiger partial charge is 0.464 e. The van der Waals surface area contributed by atoms with Crippen molar-refractivity contribution in [3.05, 3.63) is 57.2 Å². The molecule has 0 radical (unpaired) electrons. The highest BCUT2D eigenvalue weighted by atomic mass is 35.5. The van der Waals surface area contributed by atoms with Gasteiger partial charge in [0.2, 0.25) is 0 Å². The fourth-order valence-corrected chi connectivity index (χ4v) is 3.07. The van der Waals surface area contributed by atoms with E-state index < -0.39 is 5.54 Å². The highest BCUT2D eigenvalue weighted by Gasteiger charge is 2.37. The summed E-state index contributed by atoms with van der Waals surface area (Å²) in [6.45, 7) is 4.52. The Morgan fingerprint density at radius 2 is 2.10 bits per heavy atom. The minimum atomic E-state index is -0.974. The molecule has 2 rings (SSSR count). The average molecular weight is 324 g/mol. The highest BCUT2D eigenvalue weighted by Crippen LogP contribution is 2.30. The van der Waals surface area contributed by atoms with Gasteiger partial charge < -0.3 is 4.74 Å². The summed E-state index contributed by atoms with van der Waals surface area (Å²) >= 11 is 7.91. The molecule has 1 N–H and O–H groups in total. The van der Waals surface area contributed by atoms with Crippen LogP contribution in [0.2, 0.25) is 5.02 Å². The number of nitrogens with one attached hydrogen (secondary N) is 1. The Morgan fingerprint density at radius 1 is 1.33 bits per heavy atom. The topological polar surface area (TPSA) is 38.3 Å². The Hall–Kier alpha value is -1.36. The molecule has 0 bridgehead atoms. The molecule has 1 unspecified atom stereocenters. The molecular formula is C16H18ClNO2S. The lowest BCUT2D eigenvalue weighted by molar-refractivity contribution is -0.151. The maximum Gasteiger partial charge on any atom is 0.330 e. The van der Waals surface area contributed by atoms with Crippen LogP contribution in [0.1, 0.15) is 24.3 Å². The molecule has 0 spiro atoms. The number of rotatable bonds is 6. The van der Waals surface area contributed by atoms with Gasteiger partial charge in [-0.25, -0.2) is 4.79 Å². The number of hydrogen-bond acceptors (Lipinski definition) is 4. The van der Waals surface area contributed by atoms with Crippen molar-refractivity contribution in [3.8, 4) is 0 Å². The molecule has 1 atom stereocenters. The number of esters is 1. The summed E-state index contributed by atoms with van der Waals surface area (Å²) < 4.78 is 5.23. The van der Waals surface area contributed by atoms with Crippen molar-refractivity contribution < 1.29 is 9.53 Å². The van der Waals surface area contributed by atoms with Crippen molar-refractivity contribution in [1.82, 2.24) is 5.32 Å². The summed E-state index contributed by atoms with van der Waals surface area (Å²) in [5.41, 5.74) is -0.250. The van der Waals surface area contributed by atoms with Crippen molar-refractivity contribution in [3.63, 3.8) is 0 Å². The van der Waals surface area contributed by atoms with E-state index in [0.717, 1.165) is 10.4 Å². The molecule has 1 aromatic heterocycles. The van der Waals surface area contributed by atoms with E-state index in [1.165, 1.54) is 0 Å². The molecule has 0 aliphatic rings. The van der Waals surface area contributed by atoms with Crippen LogP contribution in [0.4, 0.5) is 0 Å². The van der Waals surface area contributed by atoms with E-state index in [1.54, 1.807) is 31.3 Å². The lowest BCUT2D eigenvalue weighted by atomic mass is 9.91. The maximum atomic E-state index is 12.4. The zero-order valence-corrected chi connectivity index (χ0v) is 13.6. The minimum absolute atomic E-state index is 0.324. The highest BCUT2D eigenvalue weighted by molar-refractivity contribution is 7.09.